The van der Waals surface area contributed by atoms with E-state index >= 15 is 0 Å². The highest BCUT2D eigenvalue weighted by Crippen LogP contribution is 2.33. The SMILES string of the molecule is CCN(c1ccc(C(C)C)c(OCC(C)C)c1)c1ccc(C)cn1. The Morgan fingerprint density at radius 3 is 2.38 bits per heavy atom. The summed E-state index contributed by atoms with van der Waals surface area (Å²) >= 11 is 0. The van der Waals surface area contributed by atoms with E-state index < -0.39 is 0 Å². The number of nitrogens with zero attached hydrogens (tertiary/aromatic N) is 2. The number of pyridine rings is 1. The van der Waals surface area contributed by atoms with Gasteiger partial charge in [0, 0.05) is 24.5 Å². The van der Waals surface area contributed by atoms with Crippen molar-refractivity contribution in [2.24, 2.45) is 5.92 Å². The molecule has 3 nitrogen and oxygen atoms in total. The van der Waals surface area contributed by atoms with Gasteiger partial charge in [0.25, 0.3) is 0 Å². The molecule has 0 aliphatic rings. The topological polar surface area (TPSA) is 25.4 Å². The van der Waals surface area contributed by atoms with Gasteiger partial charge in [0.05, 0.1) is 6.61 Å². The second kappa shape index (κ2) is 8.18. The molecule has 2 rings (SSSR count). The molecule has 130 valence electrons. The fourth-order valence-corrected chi connectivity index (χ4v) is 2.65. The van der Waals surface area contributed by atoms with Crippen molar-refractivity contribution in [2.75, 3.05) is 18.1 Å². The van der Waals surface area contributed by atoms with E-state index in [0.29, 0.717) is 11.8 Å². The molecule has 1 heterocycles. The first-order chi connectivity index (χ1) is 11.4. The Kier molecular flexibility index (Phi) is 6.24. The number of anilines is 2. The molecular weight excluding hydrogens is 296 g/mol. The molecule has 0 fully saturated rings. The molecule has 24 heavy (non-hydrogen) atoms. The minimum Gasteiger partial charge on any atom is -0.493 e. The van der Waals surface area contributed by atoms with Crippen LogP contribution in [0.3, 0.4) is 0 Å². The van der Waals surface area contributed by atoms with E-state index in [0.717, 1.165) is 30.4 Å². The molecule has 0 unspecified atom stereocenters. The summed E-state index contributed by atoms with van der Waals surface area (Å²) in [6.07, 6.45) is 1.91. The Morgan fingerprint density at radius 1 is 1.08 bits per heavy atom. The quantitative estimate of drug-likeness (QED) is 0.652. The molecule has 0 aliphatic heterocycles. The van der Waals surface area contributed by atoms with Crippen LogP contribution in [0.2, 0.25) is 0 Å². The van der Waals surface area contributed by atoms with Gasteiger partial charge < -0.3 is 9.64 Å². The van der Waals surface area contributed by atoms with Gasteiger partial charge in [-0.05, 0) is 48.9 Å². The average Bonchev–Trinajstić information content (AvgIpc) is 2.55. The van der Waals surface area contributed by atoms with Gasteiger partial charge in [0.1, 0.15) is 11.6 Å². The molecule has 0 aliphatic carbocycles. The second-order valence-corrected chi connectivity index (χ2v) is 7.02. The van der Waals surface area contributed by atoms with Crippen molar-refractivity contribution < 1.29 is 4.74 Å². The number of rotatable bonds is 7. The first kappa shape index (κ1) is 18.3. The lowest BCUT2D eigenvalue weighted by Gasteiger charge is -2.24. The van der Waals surface area contributed by atoms with Crippen LogP contribution >= 0.6 is 0 Å². The van der Waals surface area contributed by atoms with Crippen molar-refractivity contribution in [3.8, 4) is 5.75 Å². The molecule has 0 spiro atoms. The third kappa shape index (κ3) is 4.50. The maximum Gasteiger partial charge on any atom is 0.132 e. The van der Waals surface area contributed by atoms with Crippen molar-refractivity contribution in [3.63, 3.8) is 0 Å². The highest BCUT2D eigenvalue weighted by atomic mass is 16.5. The number of aryl methyl sites for hydroxylation is 1. The van der Waals surface area contributed by atoms with Crippen LogP contribution in [-0.4, -0.2) is 18.1 Å². The number of aromatic nitrogens is 1. The molecule has 0 saturated carbocycles. The Bertz CT molecular complexity index is 647. The van der Waals surface area contributed by atoms with Gasteiger partial charge in [-0.3, -0.25) is 0 Å². The predicted octanol–water partition coefficient (Wildman–Crippen LogP) is 5.71. The molecule has 0 radical (unpaired) electrons. The Hall–Kier alpha value is -2.03. The molecule has 0 saturated heterocycles. The van der Waals surface area contributed by atoms with Gasteiger partial charge in [0.2, 0.25) is 0 Å². The van der Waals surface area contributed by atoms with E-state index in [9.17, 15) is 0 Å². The lowest BCUT2D eigenvalue weighted by Crippen LogP contribution is -2.18. The molecule has 0 N–H and O–H groups in total. The normalized spacial score (nSPS) is 11.2. The molecule has 2 aromatic rings. The number of benzene rings is 1. The van der Waals surface area contributed by atoms with Crippen LogP contribution in [0.25, 0.3) is 0 Å². The van der Waals surface area contributed by atoms with Crippen molar-refractivity contribution in [3.05, 3.63) is 47.7 Å². The zero-order chi connectivity index (χ0) is 17.7. The molecule has 1 aromatic heterocycles. The lowest BCUT2D eigenvalue weighted by atomic mass is 10.0. The third-order valence-electron chi connectivity index (χ3n) is 3.99. The van der Waals surface area contributed by atoms with Crippen LogP contribution in [0.15, 0.2) is 36.5 Å². The van der Waals surface area contributed by atoms with Gasteiger partial charge in [0.15, 0.2) is 0 Å². The Labute approximate surface area is 146 Å². The summed E-state index contributed by atoms with van der Waals surface area (Å²) in [6.45, 7) is 14.6. The van der Waals surface area contributed by atoms with Crippen LogP contribution in [0, 0.1) is 12.8 Å². The van der Waals surface area contributed by atoms with Gasteiger partial charge in [-0.1, -0.05) is 39.8 Å². The molecule has 0 amide bonds. The summed E-state index contributed by atoms with van der Waals surface area (Å²) in [4.78, 5) is 6.79. The summed E-state index contributed by atoms with van der Waals surface area (Å²) in [5.74, 6) is 2.90. The molecule has 0 atom stereocenters. The average molecular weight is 326 g/mol. The van der Waals surface area contributed by atoms with Crippen molar-refractivity contribution in [1.82, 2.24) is 4.98 Å². The van der Waals surface area contributed by atoms with E-state index in [2.05, 4.69) is 81.8 Å². The van der Waals surface area contributed by atoms with Crippen LogP contribution in [-0.2, 0) is 0 Å². The first-order valence-corrected chi connectivity index (χ1v) is 8.89. The zero-order valence-electron chi connectivity index (χ0n) is 15.8. The zero-order valence-corrected chi connectivity index (χ0v) is 15.8. The van der Waals surface area contributed by atoms with E-state index in [4.69, 9.17) is 4.74 Å². The van der Waals surface area contributed by atoms with Crippen LogP contribution < -0.4 is 9.64 Å². The number of hydrogen-bond donors (Lipinski definition) is 0. The summed E-state index contributed by atoms with van der Waals surface area (Å²) in [5.41, 5.74) is 3.55. The molecule has 1 aromatic carbocycles. The molecular formula is C21H30N2O. The highest BCUT2D eigenvalue weighted by molar-refractivity contribution is 5.63. The minimum atomic E-state index is 0.439. The Morgan fingerprint density at radius 2 is 1.83 bits per heavy atom. The fourth-order valence-electron chi connectivity index (χ4n) is 2.65. The number of ether oxygens (including phenoxy) is 1. The van der Waals surface area contributed by atoms with Gasteiger partial charge in [-0.25, -0.2) is 4.98 Å². The molecule has 0 bridgehead atoms. The smallest absolute Gasteiger partial charge is 0.132 e. The summed E-state index contributed by atoms with van der Waals surface area (Å²) in [5, 5.41) is 0. The summed E-state index contributed by atoms with van der Waals surface area (Å²) in [6, 6.07) is 10.7. The maximum absolute atomic E-state index is 6.10. The lowest BCUT2D eigenvalue weighted by molar-refractivity contribution is 0.268. The fraction of sp³-hybridized carbons (Fsp3) is 0.476. The second-order valence-electron chi connectivity index (χ2n) is 7.02. The summed E-state index contributed by atoms with van der Waals surface area (Å²) < 4.78 is 6.10. The standard InChI is InChI=1S/C21H30N2O/c1-7-23(21-11-8-17(6)13-22-21)18-9-10-19(16(4)5)20(12-18)24-14-15(2)3/h8-13,15-16H,7,14H2,1-6H3. The van der Waals surface area contributed by atoms with Crippen LogP contribution in [0.1, 0.15) is 51.7 Å². The molecule has 3 heteroatoms. The largest absolute Gasteiger partial charge is 0.493 e. The van der Waals surface area contributed by atoms with E-state index in [1.165, 1.54) is 11.1 Å². The van der Waals surface area contributed by atoms with Crippen LogP contribution in [0.4, 0.5) is 11.5 Å². The first-order valence-electron chi connectivity index (χ1n) is 8.89. The third-order valence-corrected chi connectivity index (χ3v) is 3.99. The van der Waals surface area contributed by atoms with E-state index in [1.807, 2.05) is 6.20 Å². The van der Waals surface area contributed by atoms with Crippen molar-refractivity contribution >= 4 is 11.5 Å². The maximum atomic E-state index is 6.10. The van der Waals surface area contributed by atoms with E-state index in [-0.39, 0.29) is 0 Å². The van der Waals surface area contributed by atoms with Crippen molar-refractivity contribution in [1.29, 1.82) is 0 Å². The predicted molar refractivity (Wildman–Crippen MR) is 103 cm³/mol. The minimum absolute atomic E-state index is 0.439. The van der Waals surface area contributed by atoms with Crippen molar-refractivity contribution in [2.45, 2.75) is 47.5 Å². The highest BCUT2D eigenvalue weighted by Gasteiger charge is 2.14. The van der Waals surface area contributed by atoms with E-state index in [1.54, 1.807) is 0 Å². The Balaban J connectivity index is 2.37. The van der Waals surface area contributed by atoms with Gasteiger partial charge in [-0.2, -0.15) is 0 Å². The number of hydrogen-bond acceptors (Lipinski definition) is 3. The van der Waals surface area contributed by atoms with Crippen LogP contribution in [0.5, 0.6) is 5.75 Å². The van der Waals surface area contributed by atoms with Gasteiger partial charge in [-0.15, -0.1) is 0 Å². The summed E-state index contributed by atoms with van der Waals surface area (Å²) in [7, 11) is 0. The monoisotopic (exact) mass is 326 g/mol. The van der Waals surface area contributed by atoms with Gasteiger partial charge >= 0.3 is 0 Å².